The lowest BCUT2D eigenvalue weighted by molar-refractivity contribution is -0.141. The standard InChI is InChI=1S/C24H24FN3O3/c1-31-22-3-2-16(25)12-19(22)18-4-7-26-23-20(18)13-21(27-23)14-5-8-28(9-6-14)24(30)15-10-17(29)11-15/h2-5,7,12-13,15,17,29H,6,8-11H2,1H3,(H,26,27). The summed E-state index contributed by atoms with van der Waals surface area (Å²) in [5, 5.41) is 10.3. The third kappa shape index (κ3) is 3.59. The van der Waals surface area contributed by atoms with Gasteiger partial charge in [-0.1, -0.05) is 6.08 Å². The molecule has 160 valence electrons. The fraction of sp³-hybridized carbons (Fsp3) is 0.333. The normalized spacial score (nSPS) is 21.0. The lowest BCUT2D eigenvalue weighted by Crippen LogP contribution is -2.45. The smallest absolute Gasteiger partial charge is 0.226 e. The van der Waals surface area contributed by atoms with Crippen LogP contribution in [0, 0.1) is 11.7 Å². The summed E-state index contributed by atoms with van der Waals surface area (Å²) in [7, 11) is 1.57. The average molecular weight is 421 g/mol. The van der Waals surface area contributed by atoms with E-state index in [9.17, 15) is 14.3 Å². The number of methoxy groups -OCH3 is 1. The van der Waals surface area contributed by atoms with E-state index in [0.29, 0.717) is 37.2 Å². The summed E-state index contributed by atoms with van der Waals surface area (Å²) in [5.41, 5.74) is 4.34. The van der Waals surface area contributed by atoms with E-state index in [1.807, 2.05) is 17.0 Å². The van der Waals surface area contributed by atoms with Gasteiger partial charge in [-0.2, -0.15) is 0 Å². The number of nitrogens with one attached hydrogen (secondary N) is 1. The first-order valence-corrected chi connectivity index (χ1v) is 10.5. The van der Waals surface area contributed by atoms with Gasteiger partial charge in [0.1, 0.15) is 17.2 Å². The Morgan fingerprint density at radius 3 is 2.81 bits per heavy atom. The molecule has 5 rings (SSSR count). The number of aromatic nitrogens is 2. The molecule has 0 saturated heterocycles. The summed E-state index contributed by atoms with van der Waals surface area (Å²) in [4.78, 5) is 22.2. The Kier molecular flexibility index (Phi) is 4.98. The number of pyridine rings is 1. The third-order valence-electron chi connectivity index (χ3n) is 6.31. The molecule has 1 aromatic carbocycles. The molecule has 0 bridgehead atoms. The number of carbonyl (C=O) groups is 1. The van der Waals surface area contributed by atoms with Crippen LogP contribution in [0.3, 0.4) is 0 Å². The second kappa shape index (κ2) is 7.81. The maximum Gasteiger partial charge on any atom is 0.226 e. The molecule has 0 atom stereocenters. The Hall–Kier alpha value is -3.19. The van der Waals surface area contributed by atoms with Crippen molar-refractivity contribution in [1.82, 2.24) is 14.9 Å². The van der Waals surface area contributed by atoms with E-state index in [1.165, 1.54) is 12.1 Å². The van der Waals surface area contributed by atoms with Crippen LogP contribution in [-0.2, 0) is 4.79 Å². The van der Waals surface area contributed by atoms with Gasteiger partial charge in [0.25, 0.3) is 0 Å². The molecule has 0 spiro atoms. The minimum Gasteiger partial charge on any atom is -0.496 e. The molecule has 1 aliphatic heterocycles. The van der Waals surface area contributed by atoms with Crippen molar-refractivity contribution in [1.29, 1.82) is 0 Å². The topological polar surface area (TPSA) is 78.5 Å². The van der Waals surface area contributed by atoms with E-state index in [0.717, 1.165) is 34.3 Å². The Balaban J connectivity index is 1.43. The minimum absolute atomic E-state index is 0.0361. The summed E-state index contributed by atoms with van der Waals surface area (Å²) in [6, 6.07) is 8.38. The maximum absolute atomic E-state index is 13.9. The van der Waals surface area contributed by atoms with Gasteiger partial charge in [-0.3, -0.25) is 4.79 Å². The van der Waals surface area contributed by atoms with E-state index in [2.05, 4.69) is 16.0 Å². The Bertz CT molecular complexity index is 1180. The van der Waals surface area contributed by atoms with E-state index in [4.69, 9.17) is 4.74 Å². The average Bonchev–Trinajstić information content (AvgIpc) is 3.21. The van der Waals surface area contributed by atoms with Gasteiger partial charge in [0, 0.05) is 41.8 Å². The van der Waals surface area contributed by atoms with Crippen molar-refractivity contribution in [2.75, 3.05) is 20.2 Å². The number of benzene rings is 1. The number of hydrogen-bond acceptors (Lipinski definition) is 4. The second-order valence-electron chi connectivity index (χ2n) is 8.23. The van der Waals surface area contributed by atoms with Crippen molar-refractivity contribution < 1.29 is 19.0 Å². The van der Waals surface area contributed by atoms with Crippen LogP contribution in [0.2, 0.25) is 0 Å². The summed E-state index contributed by atoms with van der Waals surface area (Å²) in [6.07, 6.45) is 5.34. The van der Waals surface area contributed by atoms with Crippen molar-refractivity contribution in [3.05, 3.63) is 54.1 Å². The zero-order chi connectivity index (χ0) is 21.5. The summed E-state index contributed by atoms with van der Waals surface area (Å²) in [5.74, 6) is 0.379. The number of hydrogen-bond donors (Lipinski definition) is 2. The van der Waals surface area contributed by atoms with E-state index < -0.39 is 0 Å². The zero-order valence-corrected chi connectivity index (χ0v) is 17.3. The van der Waals surface area contributed by atoms with Crippen molar-refractivity contribution in [3.8, 4) is 16.9 Å². The molecule has 1 saturated carbocycles. The minimum atomic E-state index is -0.324. The molecule has 31 heavy (non-hydrogen) atoms. The van der Waals surface area contributed by atoms with Gasteiger partial charge in [-0.25, -0.2) is 9.37 Å². The van der Waals surface area contributed by atoms with Crippen molar-refractivity contribution in [2.45, 2.75) is 25.4 Å². The highest BCUT2D eigenvalue weighted by molar-refractivity contribution is 5.96. The number of fused-ring (bicyclic) bond motifs is 1. The van der Waals surface area contributed by atoms with Crippen molar-refractivity contribution in [2.24, 2.45) is 5.92 Å². The number of H-pyrrole nitrogens is 1. The maximum atomic E-state index is 13.9. The number of carbonyl (C=O) groups excluding carboxylic acids is 1. The predicted octanol–water partition coefficient (Wildman–Crippen LogP) is 3.76. The lowest BCUT2D eigenvalue weighted by Gasteiger charge is -2.36. The molecule has 1 fully saturated rings. The lowest BCUT2D eigenvalue weighted by atomic mass is 9.81. The largest absolute Gasteiger partial charge is 0.496 e. The molecule has 0 unspecified atom stereocenters. The molecular formula is C24H24FN3O3. The number of amides is 1. The highest BCUT2D eigenvalue weighted by Crippen LogP contribution is 2.37. The quantitative estimate of drug-likeness (QED) is 0.672. The van der Waals surface area contributed by atoms with Gasteiger partial charge in [-0.15, -0.1) is 0 Å². The first-order valence-electron chi connectivity index (χ1n) is 10.5. The monoisotopic (exact) mass is 421 g/mol. The highest BCUT2D eigenvalue weighted by atomic mass is 19.1. The van der Waals surface area contributed by atoms with Crippen LogP contribution in [-0.4, -0.2) is 52.2 Å². The van der Waals surface area contributed by atoms with Gasteiger partial charge in [-0.05, 0) is 60.7 Å². The van der Waals surface area contributed by atoms with Crippen LogP contribution in [0.5, 0.6) is 5.75 Å². The predicted molar refractivity (Wildman–Crippen MR) is 116 cm³/mol. The van der Waals surface area contributed by atoms with Gasteiger partial charge >= 0.3 is 0 Å². The van der Waals surface area contributed by atoms with Crippen LogP contribution in [0.15, 0.2) is 42.6 Å². The number of rotatable bonds is 4. The summed E-state index contributed by atoms with van der Waals surface area (Å²) in [6.45, 7) is 1.22. The van der Waals surface area contributed by atoms with Crippen LogP contribution >= 0.6 is 0 Å². The van der Waals surface area contributed by atoms with Crippen LogP contribution in [0.1, 0.15) is 25.0 Å². The zero-order valence-electron chi connectivity index (χ0n) is 17.3. The highest BCUT2D eigenvalue weighted by Gasteiger charge is 2.36. The molecular weight excluding hydrogens is 397 g/mol. The molecule has 2 N–H and O–H groups in total. The van der Waals surface area contributed by atoms with E-state index >= 15 is 0 Å². The van der Waals surface area contributed by atoms with Crippen LogP contribution in [0.4, 0.5) is 4.39 Å². The fourth-order valence-corrected chi connectivity index (χ4v) is 4.49. The first-order chi connectivity index (χ1) is 15.0. The molecule has 2 aliphatic rings. The number of ether oxygens (including phenoxy) is 1. The Labute approximate surface area is 179 Å². The molecule has 7 heteroatoms. The number of aromatic amines is 1. The fourth-order valence-electron chi connectivity index (χ4n) is 4.49. The molecule has 3 aromatic rings. The second-order valence-corrected chi connectivity index (χ2v) is 8.23. The summed E-state index contributed by atoms with van der Waals surface area (Å²) >= 11 is 0. The number of aliphatic hydroxyl groups is 1. The SMILES string of the molecule is COc1ccc(F)cc1-c1ccnc2[nH]c(C3=CCN(C(=O)C4CC(O)C4)CC3)cc12. The van der Waals surface area contributed by atoms with Gasteiger partial charge in [0.05, 0.1) is 13.2 Å². The number of halogens is 1. The van der Waals surface area contributed by atoms with Gasteiger partial charge < -0.3 is 19.7 Å². The number of nitrogens with zero attached hydrogens (tertiary/aromatic N) is 2. The molecule has 2 aromatic heterocycles. The third-order valence-corrected chi connectivity index (χ3v) is 6.31. The van der Waals surface area contributed by atoms with Gasteiger partial charge in [0.15, 0.2) is 0 Å². The van der Waals surface area contributed by atoms with Crippen molar-refractivity contribution >= 4 is 22.5 Å². The Morgan fingerprint density at radius 1 is 1.26 bits per heavy atom. The van der Waals surface area contributed by atoms with Gasteiger partial charge in [0.2, 0.25) is 5.91 Å². The molecule has 0 radical (unpaired) electrons. The molecule has 1 amide bonds. The first kappa shape index (κ1) is 19.8. The molecule has 6 nitrogen and oxygen atoms in total. The Morgan fingerprint density at radius 2 is 2.10 bits per heavy atom. The van der Waals surface area contributed by atoms with Crippen LogP contribution < -0.4 is 4.74 Å². The van der Waals surface area contributed by atoms with E-state index in [-0.39, 0.29) is 23.7 Å². The number of aliphatic hydroxyl groups excluding tert-OH is 1. The van der Waals surface area contributed by atoms with E-state index in [1.54, 1.807) is 19.4 Å². The van der Waals surface area contributed by atoms with Crippen LogP contribution in [0.25, 0.3) is 27.7 Å². The molecule has 3 heterocycles. The molecule has 1 aliphatic carbocycles. The van der Waals surface area contributed by atoms with Crippen molar-refractivity contribution in [3.63, 3.8) is 0 Å². The summed E-state index contributed by atoms with van der Waals surface area (Å²) < 4.78 is 19.4.